The smallest absolute Gasteiger partial charge is 0.325 e. The van der Waals surface area contributed by atoms with Gasteiger partial charge in [0.05, 0.1) is 13.7 Å². The lowest BCUT2D eigenvalue weighted by Gasteiger charge is -2.27. The first kappa shape index (κ1) is 18.9. The van der Waals surface area contributed by atoms with Crippen molar-refractivity contribution in [1.82, 2.24) is 4.90 Å². The minimum atomic E-state index is -0.925. The Morgan fingerprint density at radius 2 is 1.81 bits per heavy atom. The van der Waals surface area contributed by atoms with Gasteiger partial charge < -0.3 is 9.64 Å². The standard InChI is InChI=1S/C19H17FN2O4S/c1-26-16(23)12-21(15-9-7-14(20)8-10-15)18-17(24)22(19(25)27-18)11-13-5-3-2-4-6-13/h2-10,18H,11-12H2,1H3/t18-/m0/s1. The number of amides is 2. The van der Waals surface area contributed by atoms with E-state index in [9.17, 15) is 18.8 Å². The van der Waals surface area contributed by atoms with Gasteiger partial charge in [-0.05, 0) is 41.6 Å². The highest BCUT2D eigenvalue weighted by atomic mass is 32.2. The zero-order valence-electron chi connectivity index (χ0n) is 14.5. The largest absolute Gasteiger partial charge is 0.468 e. The van der Waals surface area contributed by atoms with Crippen LogP contribution in [0.25, 0.3) is 0 Å². The lowest BCUT2D eigenvalue weighted by molar-refractivity contribution is -0.139. The molecule has 3 rings (SSSR count). The molecule has 0 unspecified atom stereocenters. The highest BCUT2D eigenvalue weighted by Crippen LogP contribution is 2.33. The van der Waals surface area contributed by atoms with Gasteiger partial charge in [0.2, 0.25) is 0 Å². The van der Waals surface area contributed by atoms with Crippen LogP contribution in [0.5, 0.6) is 0 Å². The molecule has 1 aliphatic rings. The predicted molar refractivity (Wildman–Crippen MR) is 99.5 cm³/mol. The quantitative estimate of drug-likeness (QED) is 0.709. The number of carbonyl (C=O) groups is 3. The van der Waals surface area contributed by atoms with Crippen molar-refractivity contribution in [1.29, 1.82) is 0 Å². The molecule has 1 saturated heterocycles. The van der Waals surface area contributed by atoms with Crippen molar-refractivity contribution >= 4 is 34.6 Å². The van der Waals surface area contributed by atoms with E-state index in [0.717, 1.165) is 22.2 Å². The number of imide groups is 1. The number of thioether (sulfide) groups is 1. The van der Waals surface area contributed by atoms with Gasteiger partial charge in [0.1, 0.15) is 12.4 Å². The Bertz CT molecular complexity index is 845. The minimum Gasteiger partial charge on any atom is -0.468 e. The zero-order chi connectivity index (χ0) is 19.4. The van der Waals surface area contributed by atoms with Crippen molar-refractivity contribution in [3.63, 3.8) is 0 Å². The number of anilines is 1. The van der Waals surface area contributed by atoms with Crippen molar-refractivity contribution in [2.75, 3.05) is 18.6 Å². The number of rotatable bonds is 6. The molecule has 0 bridgehead atoms. The Morgan fingerprint density at radius 1 is 1.15 bits per heavy atom. The van der Waals surface area contributed by atoms with Gasteiger partial charge in [-0.15, -0.1) is 0 Å². The maximum Gasteiger partial charge on any atom is 0.325 e. The maximum atomic E-state index is 13.3. The molecule has 8 heteroatoms. The van der Waals surface area contributed by atoms with Gasteiger partial charge in [-0.3, -0.25) is 19.3 Å². The van der Waals surface area contributed by atoms with E-state index in [1.165, 1.54) is 36.3 Å². The molecule has 1 fully saturated rings. The summed E-state index contributed by atoms with van der Waals surface area (Å²) in [5.74, 6) is -1.44. The maximum absolute atomic E-state index is 13.3. The first-order valence-electron chi connectivity index (χ1n) is 8.14. The van der Waals surface area contributed by atoms with Crippen molar-refractivity contribution in [3.05, 3.63) is 66.0 Å². The molecule has 0 N–H and O–H groups in total. The monoisotopic (exact) mass is 388 g/mol. The molecule has 2 aromatic rings. The van der Waals surface area contributed by atoms with Crippen molar-refractivity contribution < 1.29 is 23.5 Å². The first-order chi connectivity index (χ1) is 13.0. The van der Waals surface area contributed by atoms with E-state index in [4.69, 9.17) is 4.74 Å². The van der Waals surface area contributed by atoms with E-state index >= 15 is 0 Å². The van der Waals surface area contributed by atoms with E-state index in [1.54, 1.807) is 0 Å². The van der Waals surface area contributed by atoms with Crippen LogP contribution in [0.2, 0.25) is 0 Å². The number of halogens is 1. The Morgan fingerprint density at radius 3 is 2.44 bits per heavy atom. The number of ether oxygens (including phenoxy) is 1. The second-order valence-corrected chi connectivity index (χ2v) is 6.86. The predicted octanol–water partition coefficient (Wildman–Crippen LogP) is 3.03. The lowest BCUT2D eigenvalue weighted by atomic mass is 10.2. The molecule has 0 spiro atoms. The summed E-state index contributed by atoms with van der Waals surface area (Å²) in [5.41, 5.74) is 1.27. The molecule has 0 aromatic heterocycles. The summed E-state index contributed by atoms with van der Waals surface area (Å²) in [6, 6.07) is 14.5. The number of hydrogen-bond acceptors (Lipinski definition) is 6. The van der Waals surface area contributed by atoms with Crippen LogP contribution in [0, 0.1) is 5.82 Å². The second-order valence-electron chi connectivity index (χ2n) is 5.83. The van der Waals surface area contributed by atoms with Crippen molar-refractivity contribution in [3.8, 4) is 0 Å². The molecule has 1 heterocycles. The highest BCUT2D eigenvalue weighted by molar-refractivity contribution is 8.15. The van der Waals surface area contributed by atoms with Crippen LogP contribution < -0.4 is 4.90 Å². The van der Waals surface area contributed by atoms with E-state index in [0.29, 0.717) is 5.69 Å². The molecule has 1 atom stereocenters. The topological polar surface area (TPSA) is 66.9 Å². The third-order valence-electron chi connectivity index (χ3n) is 4.06. The number of methoxy groups -OCH3 is 1. The first-order valence-corrected chi connectivity index (χ1v) is 9.02. The van der Waals surface area contributed by atoms with Gasteiger partial charge in [0.15, 0.2) is 5.37 Å². The normalized spacial score (nSPS) is 16.5. The number of benzene rings is 2. The lowest BCUT2D eigenvalue weighted by Crippen LogP contribution is -2.43. The summed E-state index contributed by atoms with van der Waals surface area (Å²) in [4.78, 5) is 39.7. The Kier molecular flexibility index (Phi) is 5.75. The van der Waals surface area contributed by atoms with Crippen LogP contribution in [0.4, 0.5) is 14.9 Å². The van der Waals surface area contributed by atoms with Gasteiger partial charge >= 0.3 is 5.97 Å². The van der Waals surface area contributed by atoms with Crippen LogP contribution >= 0.6 is 11.8 Å². The van der Waals surface area contributed by atoms with Crippen LogP contribution in [0.1, 0.15) is 5.56 Å². The Labute approximate surface area is 159 Å². The summed E-state index contributed by atoms with van der Waals surface area (Å²) in [6.45, 7) is -0.0878. The summed E-state index contributed by atoms with van der Waals surface area (Å²) in [5, 5.41) is -1.32. The minimum absolute atomic E-state index is 0.150. The highest BCUT2D eigenvalue weighted by Gasteiger charge is 2.43. The molecule has 2 amide bonds. The molecule has 140 valence electrons. The van der Waals surface area contributed by atoms with Crippen LogP contribution in [0.15, 0.2) is 54.6 Å². The van der Waals surface area contributed by atoms with Gasteiger partial charge in [0, 0.05) is 5.69 Å². The SMILES string of the molecule is COC(=O)CN(c1ccc(F)cc1)[C@H]1SC(=O)N(Cc2ccccc2)C1=O. The van der Waals surface area contributed by atoms with E-state index in [-0.39, 0.29) is 13.1 Å². The van der Waals surface area contributed by atoms with Crippen LogP contribution in [-0.2, 0) is 20.9 Å². The van der Waals surface area contributed by atoms with E-state index in [2.05, 4.69) is 0 Å². The third kappa shape index (κ3) is 4.28. The molecule has 0 aliphatic carbocycles. The summed E-state index contributed by atoms with van der Waals surface area (Å²) in [7, 11) is 1.24. The average molecular weight is 388 g/mol. The van der Waals surface area contributed by atoms with E-state index < -0.39 is 28.3 Å². The molecule has 6 nitrogen and oxygen atoms in total. The van der Waals surface area contributed by atoms with Crippen molar-refractivity contribution in [2.24, 2.45) is 0 Å². The molecule has 1 aliphatic heterocycles. The summed E-state index contributed by atoms with van der Waals surface area (Å²) in [6.07, 6.45) is 0. The Balaban J connectivity index is 1.85. The number of carbonyl (C=O) groups excluding carboxylic acids is 3. The van der Waals surface area contributed by atoms with Gasteiger partial charge in [-0.1, -0.05) is 30.3 Å². The fraction of sp³-hybridized carbons (Fsp3) is 0.211. The summed E-state index contributed by atoms with van der Waals surface area (Å²) >= 11 is 0.822. The van der Waals surface area contributed by atoms with Crippen LogP contribution in [0.3, 0.4) is 0 Å². The average Bonchev–Trinajstić information content (AvgIpc) is 2.95. The van der Waals surface area contributed by atoms with Crippen LogP contribution in [-0.4, -0.2) is 41.0 Å². The molecular formula is C19H17FN2O4S. The fourth-order valence-electron chi connectivity index (χ4n) is 2.68. The molecule has 0 saturated carbocycles. The molecule has 0 radical (unpaired) electrons. The summed E-state index contributed by atoms with van der Waals surface area (Å²) < 4.78 is 18.0. The van der Waals surface area contributed by atoms with Gasteiger partial charge in [0.25, 0.3) is 11.1 Å². The molecule has 2 aromatic carbocycles. The van der Waals surface area contributed by atoms with E-state index in [1.807, 2.05) is 30.3 Å². The van der Waals surface area contributed by atoms with Gasteiger partial charge in [-0.25, -0.2) is 4.39 Å². The van der Waals surface area contributed by atoms with Crippen molar-refractivity contribution in [2.45, 2.75) is 11.9 Å². The second kappa shape index (κ2) is 8.22. The third-order valence-corrected chi connectivity index (χ3v) is 5.16. The van der Waals surface area contributed by atoms with Gasteiger partial charge in [-0.2, -0.15) is 0 Å². The molecule has 27 heavy (non-hydrogen) atoms. The number of nitrogens with zero attached hydrogens (tertiary/aromatic N) is 2. The Hall–Kier alpha value is -2.87. The fourth-order valence-corrected chi connectivity index (χ4v) is 3.71. The zero-order valence-corrected chi connectivity index (χ0v) is 15.3. The number of hydrogen-bond donors (Lipinski definition) is 0. The molecular weight excluding hydrogens is 371 g/mol. The number of esters is 1.